The Hall–Kier alpha value is -0.240. The summed E-state index contributed by atoms with van der Waals surface area (Å²) in [5, 5.41) is 24.7. The van der Waals surface area contributed by atoms with E-state index >= 15 is 0 Å². The van der Waals surface area contributed by atoms with E-state index in [4.69, 9.17) is 0 Å². The summed E-state index contributed by atoms with van der Waals surface area (Å²) in [4.78, 5) is 2.50. The summed E-state index contributed by atoms with van der Waals surface area (Å²) >= 11 is 0. The Morgan fingerprint density at radius 3 is 1.57 bits per heavy atom. The van der Waals surface area contributed by atoms with Crippen LogP contribution in [0.15, 0.2) is 0 Å². The average Bonchev–Trinajstić information content (AvgIpc) is 2.92. The average molecular weight is 576 g/mol. The van der Waals surface area contributed by atoms with Crippen molar-refractivity contribution < 1.29 is 5.11 Å². The van der Waals surface area contributed by atoms with Gasteiger partial charge in [0.25, 0.3) is 0 Å². The molecule has 0 aromatic carbocycles. The van der Waals surface area contributed by atoms with Gasteiger partial charge in [0.2, 0.25) is 0 Å². The molecule has 5 N–H and O–H groups in total. The number of nitrogens with zero attached hydrogens (tertiary/aromatic N) is 1. The van der Waals surface area contributed by atoms with Crippen molar-refractivity contribution in [3.8, 4) is 0 Å². The zero-order valence-electron chi connectivity index (χ0n) is 28.7. The van der Waals surface area contributed by atoms with Gasteiger partial charge in [-0.3, -0.25) is 4.90 Å². The minimum absolute atomic E-state index is 0. The number of aliphatic hydroxyl groups is 1. The molecule has 0 aromatic rings. The molecule has 248 valence electrons. The topological polar surface area (TPSA) is 71.6 Å². The monoisotopic (exact) mass is 576 g/mol. The second kappa shape index (κ2) is 36.8. The molecule has 0 aromatic heterocycles. The van der Waals surface area contributed by atoms with Crippen molar-refractivity contribution in [1.29, 1.82) is 0 Å². The Morgan fingerprint density at radius 1 is 0.625 bits per heavy atom. The zero-order valence-corrected chi connectivity index (χ0v) is 28.7. The lowest BCUT2D eigenvalue weighted by Crippen LogP contribution is -2.41. The lowest BCUT2D eigenvalue weighted by atomic mass is 9.89. The highest BCUT2D eigenvalue weighted by Gasteiger charge is 2.17. The molecule has 0 aliphatic rings. The van der Waals surface area contributed by atoms with Crippen LogP contribution in [0.25, 0.3) is 0 Å². The maximum Gasteiger partial charge on any atom is 0.0667 e. The Labute approximate surface area is 255 Å². The molecular formula is C34H81N5O. The van der Waals surface area contributed by atoms with E-state index in [1.807, 2.05) is 27.7 Å². The summed E-state index contributed by atoms with van der Waals surface area (Å²) in [6.45, 7) is 32.8. The molecule has 0 aliphatic carbocycles. The standard InChI is InChI=1S/C29H65N5O.2C2H6.CH4/c1-7-9-11-12-13-27(3)25-34(26-28(35)14-15-29(4,5)6)24-23-33-22-21-32-20-19-31-18-17-30-16-10-8-2;2*1-2;/h27-28,30-33,35H,7-26H2,1-6H3;2*1-2H3;1H4. The molecule has 6 nitrogen and oxygen atoms in total. The normalized spacial score (nSPS) is 12.6. The van der Waals surface area contributed by atoms with Crippen molar-refractivity contribution in [2.75, 3.05) is 72.0 Å². The van der Waals surface area contributed by atoms with Gasteiger partial charge in [-0.05, 0) is 43.6 Å². The fourth-order valence-corrected chi connectivity index (χ4v) is 4.27. The van der Waals surface area contributed by atoms with Crippen LogP contribution >= 0.6 is 0 Å². The van der Waals surface area contributed by atoms with Crippen LogP contribution in [-0.4, -0.2) is 88.1 Å². The molecule has 0 fully saturated rings. The summed E-state index contributed by atoms with van der Waals surface area (Å²) in [6, 6.07) is 0. The number of unbranched alkanes of at least 4 members (excludes halogenated alkanes) is 4. The van der Waals surface area contributed by atoms with Crippen LogP contribution in [0.3, 0.4) is 0 Å². The predicted molar refractivity (Wildman–Crippen MR) is 185 cm³/mol. The second-order valence-electron chi connectivity index (χ2n) is 11.8. The van der Waals surface area contributed by atoms with Crippen LogP contribution in [0, 0.1) is 11.3 Å². The number of nitrogens with one attached hydrogen (secondary N) is 4. The molecule has 6 heteroatoms. The van der Waals surface area contributed by atoms with Crippen molar-refractivity contribution in [2.24, 2.45) is 11.3 Å². The van der Waals surface area contributed by atoms with Crippen molar-refractivity contribution in [2.45, 2.75) is 141 Å². The molecule has 0 rings (SSSR count). The van der Waals surface area contributed by atoms with Gasteiger partial charge in [-0.15, -0.1) is 0 Å². The van der Waals surface area contributed by atoms with E-state index in [0.717, 1.165) is 84.8 Å². The predicted octanol–water partition coefficient (Wildman–Crippen LogP) is 6.93. The Kier molecular flexibility index (Phi) is 43.0. The number of rotatable bonds is 26. The molecule has 0 saturated carbocycles. The summed E-state index contributed by atoms with van der Waals surface area (Å²) in [6.07, 6.45) is 10.9. The van der Waals surface area contributed by atoms with Crippen molar-refractivity contribution in [1.82, 2.24) is 26.2 Å². The highest BCUT2D eigenvalue weighted by Crippen LogP contribution is 2.22. The largest absolute Gasteiger partial charge is 0.392 e. The fourth-order valence-electron chi connectivity index (χ4n) is 4.27. The third kappa shape index (κ3) is 39.9. The molecule has 0 saturated heterocycles. The summed E-state index contributed by atoms with van der Waals surface area (Å²) in [5.41, 5.74) is 0.286. The van der Waals surface area contributed by atoms with Gasteiger partial charge in [0, 0.05) is 65.4 Å². The number of aliphatic hydroxyl groups excluding tert-OH is 1. The van der Waals surface area contributed by atoms with Crippen molar-refractivity contribution in [3.05, 3.63) is 0 Å². The summed E-state index contributed by atoms with van der Waals surface area (Å²) in [7, 11) is 0. The quantitative estimate of drug-likeness (QED) is 0.0721. The van der Waals surface area contributed by atoms with Gasteiger partial charge in [-0.2, -0.15) is 0 Å². The van der Waals surface area contributed by atoms with Crippen LogP contribution in [-0.2, 0) is 0 Å². The Morgan fingerprint density at radius 2 is 1.10 bits per heavy atom. The van der Waals surface area contributed by atoms with Crippen LogP contribution in [0.4, 0.5) is 0 Å². The van der Waals surface area contributed by atoms with Gasteiger partial charge in [0.15, 0.2) is 0 Å². The first-order valence-corrected chi connectivity index (χ1v) is 17.0. The van der Waals surface area contributed by atoms with E-state index < -0.39 is 0 Å². The summed E-state index contributed by atoms with van der Waals surface area (Å²) < 4.78 is 0. The third-order valence-electron chi connectivity index (χ3n) is 6.56. The molecular weight excluding hydrogens is 494 g/mol. The van der Waals surface area contributed by atoms with E-state index in [0.29, 0.717) is 5.92 Å². The van der Waals surface area contributed by atoms with Crippen molar-refractivity contribution in [3.63, 3.8) is 0 Å². The van der Waals surface area contributed by atoms with Crippen LogP contribution in [0.2, 0.25) is 0 Å². The highest BCUT2D eigenvalue weighted by atomic mass is 16.3. The van der Waals surface area contributed by atoms with E-state index in [1.54, 1.807) is 0 Å². The molecule has 0 radical (unpaired) electrons. The minimum Gasteiger partial charge on any atom is -0.392 e. The lowest BCUT2D eigenvalue weighted by molar-refractivity contribution is 0.0871. The van der Waals surface area contributed by atoms with Gasteiger partial charge >= 0.3 is 0 Å². The Balaban J connectivity index is -0.00000123. The molecule has 2 unspecified atom stereocenters. The molecule has 0 heterocycles. The lowest BCUT2D eigenvalue weighted by Gasteiger charge is -2.29. The van der Waals surface area contributed by atoms with Crippen LogP contribution in [0.1, 0.15) is 134 Å². The molecule has 40 heavy (non-hydrogen) atoms. The summed E-state index contributed by atoms with van der Waals surface area (Å²) in [5.74, 6) is 0.692. The number of hydrogen-bond donors (Lipinski definition) is 5. The second-order valence-corrected chi connectivity index (χ2v) is 11.8. The first kappa shape index (κ1) is 46.7. The first-order chi connectivity index (χ1) is 18.8. The van der Waals surface area contributed by atoms with Gasteiger partial charge in [0.05, 0.1) is 6.10 Å². The third-order valence-corrected chi connectivity index (χ3v) is 6.56. The first-order valence-electron chi connectivity index (χ1n) is 17.0. The van der Waals surface area contributed by atoms with E-state index in [-0.39, 0.29) is 18.9 Å². The van der Waals surface area contributed by atoms with Crippen molar-refractivity contribution >= 4 is 0 Å². The van der Waals surface area contributed by atoms with E-state index in [1.165, 1.54) is 44.9 Å². The molecule has 2 atom stereocenters. The Bertz CT molecular complexity index is 431. The fraction of sp³-hybridized carbons (Fsp3) is 1.00. The SMILES string of the molecule is C.CC.CC.CCCCCCC(C)CN(CCNCCNCCNCCNCCCC)CC(O)CCC(C)(C)C. The van der Waals surface area contributed by atoms with Gasteiger partial charge in [-0.1, -0.05) is 109 Å². The highest BCUT2D eigenvalue weighted by molar-refractivity contribution is 4.72. The molecule has 0 bridgehead atoms. The molecule has 0 aliphatic heterocycles. The minimum atomic E-state index is -0.225. The maximum absolute atomic E-state index is 10.7. The molecule has 0 amide bonds. The zero-order chi connectivity index (χ0) is 30.2. The van der Waals surface area contributed by atoms with Gasteiger partial charge < -0.3 is 26.4 Å². The van der Waals surface area contributed by atoms with Crippen LogP contribution < -0.4 is 21.3 Å². The number of hydrogen-bond acceptors (Lipinski definition) is 6. The van der Waals surface area contributed by atoms with Crippen LogP contribution in [0.5, 0.6) is 0 Å². The van der Waals surface area contributed by atoms with Gasteiger partial charge in [0.1, 0.15) is 0 Å². The van der Waals surface area contributed by atoms with E-state index in [2.05, 4.69) is 67.7 Å². The van der Waals surface area contributed by atoms with E-state index in [9.17, 15) is 5.11 Å². The van der Waals surface area contributed by atoms with Gasteiger partial charge in [-0.25, -0.2) is 0 Å². The molecule has 0 spiro atoms. The maximum atomic E-state index is 10.7. The smallest absolute Gasteiger partial charge is 0.0667 e.